The lowest BCUT2D eigenvalue weighted by molar-refractivity contribution is -0.139. The molecular formula is C17H18FNO2. The van der Waals surface area contributed by atoms with Crippen molar-refractivity contribution in [3.8, 4) is 0 Å². The Morgan fingerprint density at radius 1 is 1.10 bits per heavy atom. The van der Waals surface area contributed by atoms with Gasteiger partial charge in [-0.15, -0.1) is 0 Å². The average Bonchev–Trinajstić information content (AvgIpc) is 2.73. The second-order valence-electron chi connectivity index (χ2n) is 5.72. The van der Waals surface area contributed by atoms with Gasteiger partial charge in [0.2, 0.25) is 11.8 Å². The first-order valence-corrected chi connectivity index (χ1v) is 7.41. The third kappa shape index (κ3) is 2.75. The first-order valence-electron chi connectivity index (χ1n) is 7.41. The van der Waals surface area contributed by atoms with E-state index in [2.05, 4.69) is 0 Å². The van der Waals surface area contributed by atoms with Crippen LogP contribution in [-0.2, 0) is 16.0 Å². The van der Waals surface area contributed by atoms with Crippen molar-refractivity contribution in [1.29, 1.82) is 0 Å². The fraction of sp³-hybridized carbons (Fsp3) is 0.412. The highest BCUT2D eigenvalue weighted by Crippen LogP contribution is 2.35. The van der Waals surface area contributed by atoms with E-state index in [4.69, 9.17) is 0 Å². The van der Waals surface area contributed by atoms with Gasteiger partial charge in [0.1, 0.15) is 5.82 Å². The van der Waals surface area contributed by atoms with E-state index in [0.717, 1.165) is 5.56 Å². The molecule has 3 rings (SSSR count). The van der Waals surface area contributed by atoms with Crippen molar-refractivity contribution in [2.75, 3.05) is 6.54 Å². The zero-order valence-electron chi connectivity index (χ0n) is 11.8. The maximum absolute atomic E-state index is 13.1. The Hall–Kier alpha value is -1.97. The lowest BCUT2D eigenvalue weighted by Crippen LogP contribution is -2.32. The lowest BCUT2D eigenvalue weighted by Gasteiger charge is -2.14. The van der Waals surface area contributed by atoms with Crippen LogP contribution in [0.4, 0.5) is 4.39 Å². The molecule has 3 nitrogen and oxygen atoms in total. The van der Waals surface area contributed by atoms with Crippen LogP contribution in [0.5, 0.6) is 0 Å². The smallest absolute Gasteiger partial charge is 0.233 e. The summed E-state index contributed by atoms with van der Waals surface area (Å²) in [6, 6.07) is 6.45. The molecule has 1 fully saturated rings. The molecule has 2 atom stereocenters. The van der Waals surface area contributed by atoms with Crippen LogP contribution in [0.1, 0.15) is 24.8 Å². The minimum absolute atomic E-state index is 0.0337. The highest BCUT2D eigenvalue weighted by atomic mass is 19.1. The quantitative estimate of drug-likeness (QED) is 0.631. The van der Waals surface area contributed by atoms with Crippen LogP contribution in [0.2, 0.25) is 0 Å². The van der Waals surface area contributed by atoms with Crippen LogP contribution in [0.15, 0.2) is 36.4 Å². The molecule has 0 saturated carbocycles. The van der Waals surface area contributed by atoms with Gasteiger partial charge in [-0.2, -0.15) is 0 Å². The van der Waals surface area contributed by atoms with Crippen LogP contribution < -0.4 is 0 Å². The highest BCUT2D eigenvalue weighted by Gasteiger charge is 2.46. The Morgan fingerprint density at radius 3 is 2.38 bits per heavy atom. The maximum Gasteiger partial charge on any atom is 0.233 e. The van der Waals surface area contributed by atoms with Gasteiger partial charge in [0.05, 0.1) is 11.8 Å². The van der Waals surface area contributed by atoms with Gasteiger partial charge in [-0.25, -0.2) is 4.39 Å². The largest absolute Gasteiger partial charge is 0.282 e. The summed E-state index contributed by atoms with van der Waals surface area (Å²) in [4.78, 5) is 25.9. The summed E-state index contributed by atoms with van der Waals surface area (Å²) in [6.07, 6.45) is 6.67. The monoisotopic (exact) mass is 287 g/mol. The molecule has 0 aromatic heterocycles. The third-order valence-corrected chi connectivity index (χ3v) is 4.34. The molecule has 0 N–H and O–H groups in total. The molecule has 4 heteroatoms. The Labute approximate surface area is 123 Å². The minimum Gasteiger partial charge on any atom is -0.282 e. The van der Waals surface area contributed by atoms with Crippen molar-refractivity contribution in [3.05, 3.63) is 47.8 Å². The summed E-state index contributed by atoms with van der Waals surface area (Å²) in [7, 11) is 0. The third-order valence-electron chi connectivity index (χ3n) is 4.34. The Bertz CT molecular complexity index is 570. The summed E-state index contributed by atoms with van der Waals surface area (Å²) in [6.45, 7) is 0.432. The van der Waals surface area contributed by atoms with Crippen molar-refractivity contribution in [2.24, 2.45) is 11.8 Å². The molecule has 0 radical (unpaired) electrons. The molecule has 1 aliphatic heterocycles. The van der Waals surface area contributed by atoms with Crippen LogP contribution in [0.25, 0.3) is 0 Å². The number of halogens is 1. The maximum atomic E-state index is 13.1. The minimum atomic E-state index is -0.252. The molecule has 0 spiro atoms. The lowest BCUT2D eigenvalue weighted by atomic mass is 9.85. The fourth-order valence-electron chi connectivity index (χ4n) is 3.22. The Balaban J connectivity index is 1.58. The SMILES string of the molecule is O=C1[C@H]2CC=CC[C@@H]2C(=O)N1CCCc1cccc(F)c1. The second kappa shape index (κ2) is 5.80. The summed E-state index contributed by atoms with van der Waals surface area (Å²) in [5.41, 5.74) is 0.896. The predicted octanol–water partition coefficient (Wildman–Crippen LogP) is 2.71. The first-order chi connectivity index (χ1) is 10.2. The number of amides is 2. The Kier molecular flexibility index (Phi) is 3.86. The van der Waals surface area contributed by atoms with E-state index in [0.29, 0.717) is 32.2 Å². The number of rotatable bonds is 4. The number of benzene rings is 1. The molecule has 1 saturated heterocycles. The summed E-state index contributed by atoms with van der Waals surface area (Å²) >= 11 is 0. The number of likely N-dealkylation sites (tertiary alicyclic amines) is 1. The number of imide groups is 1. The van der Waals surface area contributed by atoms with Crippen LogP contribution >= 0.6 is 0 Å². The van der Waals surface area contributed by atoms with E-state index in [-0.39, 0.29) is 29.5 Å². The zero-order chi connectivity index (χ0) is 14.8. The van der Waals surface area contributed by atoms with Gasteiger partial charge >= 0.3 is 0 Å². The van der Waals surface area contributed by atoms with Gasteiger partial charge < -0.3 is 0 Å². The van der Waals surface area contributed by atoms with Gasteiger partial charge in [-0.3, -0.25) is 14.5 Å². The molecule has 2 amide bonds. The second-order valence-corrected chi connectivity index (χ2v) is 5.72. The van der Waals surface area contributed by atoms with E-state index >= 15 is 0 Å². The molecule has 1 aliphatic carbocycles. The standard InChI is InChI=1S/C17H18FNO2/c18-13-7-3-5-12(11-13)6-4-10-19-16(20)14-8-1-2-9-15(14)17(19)21/h1-3,5,7,11,14-15H,4,6,8-10H2/t14-,15-/m0/s1. The van der Waals surface area contributed by atoms with E-state index in [1.54, 1.807) is 6.07 Å². The summed E-state index contributed by atoms with van der Waals surface area (Å²) in [5, 5.41) is 0. The van der Waals surface area contributed by atoms with Crippen molar-refractivity contribution in [3.63, 3.8) is 0 Å². The average molecular weight is 287 g/mol. The van der Waals surface area contributed by atoms with Gasteiger partial charge in [-0.1, -0.05) is 24.3 Å². The molecule has 0 bridgehead atoms. The van der Waals surface area contributed by atoms with E-state index in [1.807, 2.05) is 18.2 Å². The molecule has 2 aliphatic rings. The van der Waals surface area contributed by atoms with E-state index in [1.165, 1.54) is 17.0 Å². The number of hydrogen-bond acceptors (Lipinski definition) is 2. The molecular weight excluding hydrogens is 269 g/mol. The molecule has 21 heavy (non-hydrogen) atoms. The van der Waals surface area contributed by atoms with Gasteiger partial charge in [-0.05, 0) is 43.4 Å². The Morgan fingerprint density at radius 2 is 1.76 bits per heavy atom. The number of hydrogen-bond donors (Lipinski definition) is 0. The number of fused-ring (bicyclic) bond motifs is 1. The fourth-order valence-corrected chi connectivity index (χ4v) is 3.22. The van der Waals surface area contributed by atoms with Gasteiger partial charge in [0, 0.05) is 6.54 Å². The van der Waals surface area contributed by atoms with Crippen LogP contribution in [-0.4, -0.2) is 23.3 Å². The normalized spacial score (nSPS) is 24.5. The van der Waals surface area contributed by atoms with Crippen LogP contribution in [0.3, 0.4) is 0 Å². The number of nitrogens with zero attached hydrogens (tertiary/aromatic N) is 1. The van der Waals surface area contributed by atoms with Crippen molar-refractivity contribution in [2.45, 2.75) is 25.7 Å². The van der Waals surface area contributed by atoms with Crippen molar-refractivity contribution in [1.82, 2.24) is 4.90 Å². The molecule has 110 valence electrons. The number of aryl methyl sites for hydroxylation is 1. The van der Waals surface area contributed by atoms with E-state index in [9.17, 15) is 14.0 Å². The molecule has 1 aromatic carbocycles. The number of allylic oxidation sites excluding steroid dienone is 2. The van der Waals surface area contributed by atoms with Crippen LogP contribution in [0, 0.1) is 17.7 Å². The highest BCUT2D eigenvalue weighted by molar-refractivity contribution is 6.05. The molecule has 1 heterocycles. The zero-order valence-corrected chi connectivity index (χ0v) is 11.8. The summed E-state index contributed by atoms with van der Waals surface area (Å²) in [5.74, 6) is -0.631. The predicted molar refractivity (Wildman–Crippen MR) is 76.8 cm³/mol. The topological polar surface area (TPSA) is 37.4 Å². The van der Waals surface area contributed by atoms with E-state index < -0.39 is 0 Å². The summed E-state index contributed by atoms with van der Waals surface area (Å²) < 4.78 is 13.1. The van der Waals surface area contributed by atoms with Gasteiger partial charge in [0.25, 0.3) is 0 Å². The number of carbonyl (C=O) groups is 2. The van der Waals surface area contributed by atoms with Crippen molar-refractivity contribution < 1.29 is 14.0 Å². The molecule has 1 aromatic rings. The van der Waals surface area contributed by atoms with Crippen molar-refractivity contribution >= 4 is 11.8 Å². The first kappa shape index (κ1) is 14.0. The van der Waals surface area contributed by atoms with Gasteiger partial charge in [0.15, 0.2) is 0 Å². The molecule has 0 unspecified atom stereocenters. The number of carbonyl (C=O) groups excluding carboxylic acids is 2.